The first-order valence-electron chi connectivity index (χ1n) is 22.0. The predicted octanol–water partition coefficient (Wildman–Crippen LogP) is 13.5. The van der Waals surface area contributed by atoms with Crippen LogP contribution in [-0.4, -0.2) is 55.6 Å². The van der Waals surface area contributed by atoms with E-state index in [2.05, 4.69) is 165 Å². The maximum atomic E-state index is 6.58. The molecule has 0 spiro atoms. The van der Waals surface area contributed by atoms with Crippen molar-refractivity contribution >= 4 is 42.6 Å². The smallest absolute Gasteiger partial charge is 0.147 e. The Morgan fingerprint density at radius 1 is 0.328 bits per heavy atom. The Hall–Kier alpha value is -3.78. The van der Waals surface area contributed by atoms with Crippen LogP contribution in [0.2, 0.25) is 0 Å². The zero-order valence-electron chi connectivity index (χ0n) is 37.2. The summed E-state index contributed by atoms with van der Waals surface area (Å²) >= 11 is 7.17. The van der Waals surface area contributed by atoms with Crippen LogP contribution in [0.25, 0.3) is 33.0 Å². The van der Waals surface area contributed by atoms with Gasteiger partial charge in [0.2, 0.25) is 0 Å². The van der Waals surface area contributed by atoms with E-state index in [0.29, 0.717) is 0 Å². The van der Waals surface area contributed by atoms with Gasteiger partial charge in [-0.2, -0.15) is 0 Å². The average Bonchev–Trinajstić information content (AvgIpc) is 3.35. The molecule has 2 fully saturated rings. The van der Waals surface area contributed by atoms with Crippen molar-refractivity contribution < 1.29 is 37.9 Å². The second kappa shape index (κ2) is 20.8. The Bertz CT molecular complexity index is 2250. The van der Waals surface area contributed by atoms with Gasteiger partial charge in [0.25, 0.3) is 0 Å². The Morgan fingerprint density at radius 2 is 0.578 bits per heavy atom. The van der Waals surface area contributed by atoms with Crippen LogP contribution in [0.15, 0.2) is 142 Å². The third-order valence-electron chi connectivity index (χ3n) is 13.6. The highest BCUT2D eigenvalue weighted by atomic mass is 79.9. The average molecular weight is 995 g/mol. The van der Waals surface area contributed by atoms with Crippen molar-refractivity contribution in [2.45, 2.75) is 73.8 Å². The minimum atomic E-state index is -0.507. The summed E-state index contributed by atoms with van der Waals surface area (Å²) in [7, 11) is 6.69. The molecule has 10 heteroatoms. The van der Waals surface area contributed by atoms with Crippen LogP contribution in [-0.2, 0) is 60.3 Å². The van der Waals surface area contributed by atoms with Gasteiger partial charge in [0, 0.05) is 37.4 Å². The molecule has 0 aromatic heterocycles. The lowest BCUT2D eigenvalue weighted by Crippen LogP contribution is -2.43. The van der Waals surface area contributed by atoms with E-state index in [9.17, 15) is 0 Å². The molecule has 0 radical (unpaired) electrons. The number of benzene rings is 6. The molecular formula is C54H58Br2O8. The Kier molecular flexibility index (Phi) is 15.2. The van der Waals surface area contributed by atoms with Crippen molar-refractivity contribution in [1.29, 1.82) is 0 Å². The molecule has 6 aromatic carbocycles. The lowest BCUT2D eigenvalue weighted by atomic mass is 9.70. The number of methoxy groups -OCH3 is 4. The van der Waals surface area contributed by atoms with Crippen molar-refractivity contribution in [3.63, 3.8) is 0 Å². The predicted molar refractivity (Wildman–Crippen MR) is 259 cm³/mol. The van der Waals surface area contributed by atoms with Crippen LogP contribution in [0.5, 0.6) is 0 Å². The van der Waals surface area contributed by atoms with E-state index < -0.39 is 22.4 Å². The fraction of sp³-hybridized carbons (Fsp3) is 0.370. The molecule has 0 N–H and O–H groups in total. The fourth-order valence-corrected chi connectivity index (χ4v) is 10.4. The Balaban J connectivity index is 1.01. The van der Waals surface area contributed by atoms with Crippen LogP contribution in [0.3, 0.4) is 0 Å². The molecule has 64 heavy (non-hydrogen) atoms. The third kappa shape index (κ3) is 9.98. The molecule has 2 aliphatic rings. The lowest BCUT2D eigenvalue weighted by molar-refractivity contribution is -0.203. The van der Waals surface area contributed by atoms with Crippen molar-refractivity contribution in [3.05, 3.63) is 165 Å². The van der Waals surface area contributed by atoms with Crippen molar-refractivity contribution in [2.75, 3.05) is 55.6 Å². The van der Waals surface area contributed by atoms with Crippen LogP contribution in [0.4, 0.5) is 0 Å². The van der Waals surface area contributed by atoms with Crippen LogP contribution < -0.4 is 0 Å². The number of ether oxygens (including phenoxy) is 8. The SMILES string of the molecule is COCOC1(c2ccc(Br)cc2)CCC(OCOC)(c2ccc(-c3ccc4ccc(-c5ccc(C6(OCOC)CCC(OCOC)(c7ccc(Br)cc7)CC6)cc5)cc4c3)cc2)CC1. The highest BCUT2D eigenvalue weighted by Gasteiger charge is 2.48. The van der Waals surface area contributed by atoms with Gasteiger partial charge in [-0.05, 0) is 143 Å². The summed E-state index contributed by atoms with van der Waals surface area (Å²) in [6, 6.07) is 48.0. The summed E-state index contributed by atoms with van der Waals surface area (Å²) in [6.07, 6.45) is 6.20. The number of halogens is 2. The second-order valence-corrected chi connectivity index (χ2v) is 19.0. The first-order valence-corrected chi connectivity index (χ1v) is 23.6. The van der Waals surface area contributed by atoms with Gasteiger partial charge in [-0.15, -0.1) is 0 Å². The van der Waals surface area contributed by atoms with Gasteiger partial charge in [-0.25, -0.2) is 0 Å². The first kappa shape index (κ1) is 46.7. The minimum Gasteiger partial charge on any atom is -0.359 e. The van der Waals surface area contributed by atoms with E-state index in [0.717, 1.165) is 105 Å². The summed E-state index contributed by atoms with van der Waals surface area (Å²) in [5.74, 6) is 0. The van der Waals surface area contributed by atoms with Crippen molar-refractivity contribution in [3.8, 4) is 22.3 Å². The van der Waals surface area contributed by atoms with Crippen LogP contribution in [0.1, 0.15) is 73.6 Å². The number of hydrogen-bond acceptors (Lipinski definition) is 8. The minimum absolute atomic E-state index is 0.211. The molecule has 2 saturated carbocycles. The van der Waals surface area contributed by atoms with Gasteiger partial charge in [-0.1, -0.05) is 129 Å². The highest BCUT2D eigenvalue weighted by Crippen LogP contribution is 2.52. The number of fused-ring (bicyclic) bond motifs is 1. The molecule has 0 unspecified atom stereocenters. The Morgan fingerprint density at radius 3 is 0.844 bits per heavy atom. The Labute approximate surface area is 394 Å². The van der Waals surface area contributed by atoms with Crippen molar-refractivity contribution in [2.24, 2.45) is 0 Å². The first-order chi connectivity index (χ1) is 31.2. The monoisotopic (exact) mass is 992 g/mol. The van der Waals surface area contributed by atoms with Gasteiger partial charge in [0.1, 0.15) is 27.2 Å². The molecule has 8 nitrogen and oxygen atoms in total. The molecule has 0 aliphatic heterocycles. The zero-order valence-corrected chi connectivity index (χ0v) is 40.4. The summed E-state index contributed by atoms with van der Waals surface area (Å²) in [6.45, 7) is 0.874. The highest BCUT2D eigenvalue weighted by molar-refractivity contribution is 9.10. The second-order valence-electron chi connectivity index (χ2n) is 17.1. The molecule has 0 saturated heterocycles. The molecule has 2 aliphatic carbocycles. The van der Waals surface area contributed by atoms with Gasteiger partial charge < -0.3 is 37.9 Å². The fourth-order valence-electron chi connectivity index (χ4n) is 9.91. The third-order valence-corrected chi connectivity index (χ3v) is 14.7. The molecule has 6 aromatic rings. The van der Waals surface area contributed by atoms with E-state index in [4.69, 9.17) is 37.9 Å². The van der Waals surface area contributed by atoms with Crippen LogP contribution >= 0.6 is 31.9 Å². The van der Waals surface area contributed by atoms with Gasteiger partial charge in [0.15, 0.2) is 0 Å². The molecule has 0 amide bonds. The summed E-state index contributed by atoms with van der Waals surface area (Å²) in [4.78, 5) is 0. The molecule has 0 bridgehead atoms. The number of hydrogen-bond donors (Lipinski definition) is 0. The van der Waals surface area contributed by atoms with Crippen LogP contribution in [0, 0.1) is 0 Å². The van der Waals surface area contributed by atoms with Crippen molar-refractivity contribution in [1.82, 2.24) is 0 Å². The molecule has 0 heterocycles. The summed E-state index contributed by atoms with van der Waals surface area (Å²) in [5, 5.41) is 2.38. The van der Waals surface area contributed by atoms with E-state index in [1.165, 1.54) is 10.8 Å². The largest absolute Gasteiger partial charge is 0.359 e. The molecule has 336 valence electrons. The quantitative estimate of drug-likeness (QED) is 0.0789. The zero-order chi connectivity index (χ0) is 44.6. The van der Waals surface area contributed by atoms with E-state index >= 15 is 0 Å². The normalized spacial score (nSPS) is 23.7. The van der Waals surface area contributed by atoms with E-state index in [-0.39, 0.29) is 27.2 Å². The maximum Gasteiger partial charge on any atom is 0.147 e. The molecule has 0 atom stereocenters. The summed E-state index contributed by atoms with van der Waals surface area (Å²) < 4.78 is 49.9. The standard InChI is InChI=1S/C54H58Br2O8/c1-57-35-61-51(25-29-53(30-26-51,63-37-59-3)47-17-21-49(55)22-18-47)45-13-9-39(10-14-45)42-7-5-41-6-8-43(34-44(41)33-42)40-11-15-46(16-12-40)52(62-36-58-2)27-31-54(32-28-52,64-38-60-4)48-19-23-50(56)24-20-48/h5-24,33-34H,25-32,35-38H2,1-4H3. The van der Waals surface area contributed by atoms with E-state index in [1.54, 1.807) is 28.4 Å². The summed E-state index contributed by atoms with van der Waals surface area (Å²) in [5.41, 5.74) is 7.25. The van der Waals surface area contributed by atoms with E-state index in [1.807, 2.05) is 0 Å². The number of rotatable bonds is 18. The van der Waals surface area contributed by atoms with Gasteiger partial charge >= 0.3 is 0 Å². The van der Waals surface area contributed by atoms with Gasteiger partial charge in [0.05, 0.1) is 22.4 Å². The maximum absolute atomic E-state index is 6.58. The lowest BCUT2D eigenvalue weighted by Gasteiger charge is -2.46. The topological polar surface area (TPSA) is 73.8 Å². The van der Waals surface area contributed by atoms with Gasteiger partial charge in [-0.3, -0.25) is 0 Å². The molecule has 8 rings (SSSR count). The molecular weight excluding hydrogens is 936 g/mol.